The van der Waals surface area contributed by atoms with Crippen molar-refractivity contribution in [1.29, 1.82) is 0 Å². The van der Waals surface area contributed by atoms with Gasteiger partial charge in [-0.05, 0) is 43.4 Å². The van der Waals surface area contributed by atoms with E-state index in [0.29, 0.717) is 6.42 Å². The van der Waals surface area contributed by atoms with E-state index in [1.807, 2.05) is 25.3 Å². The van der Waals surface area contributed by atoms with E-state index >= 15 is 0 Å². The van der Waals surface area contributed by atoms with Crippen molar-refractivity contribution in [3.8, 4) is 0 Å². The summed E-state index contributed by atoms with van der Waals surface area (Å²) in [5.74, 6) is -1.55. The number of hydrogen-bond acceptors (Lipinski definition) is 8. The molecule has 8 heteroatoms. The van der Waals surface area contributed by atoms with Crippen LogP contribution in [0.25, 0.3) is 12.2 Å². The van der Waals surface area contributed by atoms with Gasteiger partial charge in [0.05, 0.1) is 41.9 Å². The van der Waals surface area contributed by atoms with Crippen LogP contribution in [0.3, 0.4) is 0 Å². The first-order chi connectivity index (χ1) is 16.4. The molecule has 2 aliphatic heterocycles. The number of nitrogens with zero attached hydrogens (tertiary/aromatic N) is 1. The third kappa shape index (κ3) is 6.88. The SMILES string of the molecule is C=Cc1nc(C=C(C)[C@@H]2C[C@@H]3O[C@@H]3CCC[C@H](C)[C@H](O)[C@@H](C)C(=O)C(C)(C)[C@@H](O)CC(=O)O2)cs1. The molecule has 1 aromatic rings. The van der Waals surface area contributed by atoms with E-state index in [-0.39, 0.29) is 30.3 Å². The predicted octanol–water partition coefficient (Wildman–Crippen LogP) is 4.42. The van der Waals surface area contributed by atoms with Crippen molar-refractivity contribution in [2.75, 3.05) is 0 Å². The van der Waals surface area contributed by atoms with Crippen molar-refractivity contribution in [2.45, 2.75) is 97.2 Å². The van der Waals surface area contributed by atoms with Crippen LogP contribution >= 0.6 is 11.3 Å². The molecule has 194 valence electrons. The maximum atomic E-state index is 13.2. The smallest absolute Gasteiger partial charge is 0.309 e. The predicted molar refractivity (Wildman–Crippen MR) is 137 cm³/mol. The molecule has 2 fully saturated rings. The molecule has 0 saturated carbocycles. The molecule has 2 N–H and O–H groups in total. The minimum Gasteiger partial charge on any atom is -0.458 e. The van der Waals surface area contributed by atoms with Crippen molar-refractivity contribution < 1.29 is 29.3 Å². The van der Waals surface area contributed by atoms with E-state index in [4.69, 9.17) is 9.47 Å². The first-order valence-electron chi connectivity index (χ1n) is 12.5. The minimum atomic E-state index is -1.23. The van der Waals surface area contributed by atoms with Crippen LogP contribution in [0.5, 0.6) is 0 Å². The van der Waals surface area contributed by atoms with E-state index in [1.165, 1.54) is 11.3 Å². The lowest BCUT2D eigenvalue weighted by Gasteiger charge is -2.34. The second-order valence-corrected chi connectivity index (χ2v) is 11.5. The number of carbonyl (C=O) groups excluding carboxylic acids is 2. The molecule has 0 aromatic carbocycles. The van der Waals surface area contributed by atoms with Crippen LogP contribution in [0.15, 0.2) is 17.5 Å². The highest BCUT2D eigenvalue weighted by atomic mass is 32.1. The normalized spacial score (nSPS) is 35.2. The number of thiazole rings is 1. The second kappa shape index (κ2) is 11.5. The van der Waals surface area contributed by atoms with E-state index in [2.05, 4.69) is 11.6 Å². The minimum absolute atomic E-state index is 0.00896. The topological polar surface area (TPSA) is 109 Å². The largest absolute Gasteiger partial charge is 0.458 e. The number of rotatable bonds is 3. The summed E-state index contributed by atoms with van der Waals surface area (Å²) in [6.45, 7) is 12.5. The number of aliphatic hydroxyl groups excluding tert-OH is 2. The van der Waals surface area contributed by atoms with Gasteiger partial charge in [-0.15, -0.1) is 11.3 Å². The summed E-state index contributed by atoms with van der Waals surface area (Å²) < 4.78 is 11.7. The van der Waals surface area contributed by atoms with Crippen LogP contribution < -0.4 is 0 Å². The Hall–Kier alpha value is -1.87. The summed E-state index contributed by atoms with van der Waals surface area (Å²) in [4.78, 5) is 30.5. The van der Waals surface area contributed by atoms with Gasteiger partial charge in [0.15, 0.2) is 0 Å². The van der Waals surface area contributed by atoms with Crippen molar-refractivity contribution >= 4 is 35.2 Å². The Balaban J connectivity index is 1.82. The summed E-state index contributed by atoms with van der Waals surface area (Å²) in [6.07, 6.45) is 3.81. The van der Waals surface area contributed by atoms with Gasteiger partial charge in [-0.2, -0.15) is 0 Å². The van der Waals surface area contributed by atoms with Crippen LogP contribution in [0.1, 0.15) is 77.4 Å². The highest BCUT2D eigenvalue weighted by Crippen LogP contribution is 2.36. The van der Waals surface area contributed by atoms with E-state index < -0.39 is 35.6 Å². The standard InChI is InChI=1S/C27H39NO6S/c1-7-23-28-18(14-35-23)11-16(3)20-12-21-19(33-21)10-8-9-15(2)25(31)17(4)26(32)27(5,6)22(29)13-24(30)34-20/h7,11,14-15,17,19-22,25,29,31H,1,8-10,12-13H2,2-6H3/t15-,17+,19+,20-,21-,22-,25-/m0/s1. The highest BCUT2D eigenvalue weighted by Gasteiger charge is 2.44. The number of hydrogen-bond donors (Lipinski definition) is 2. The lowest BCUT2D eigenvalue weighted by Crippen LogP contribution is -2.45. The van der Waals surface area contributed by atoms with Crippen molar-refractivity contribution in [1.82, 2.24) is 4.98 Å². The van der Waals surface area contributed by atoms with Crippen LogP contribution in [0.2, 0.25) is 0 Å². The Kier molecular flexibility index (Phi) is 9.07. The molecule has 0 amide bonds. The number of ether oxygens (including phenoxy) is 2. The molecular weight excluding hydrogens is 466 g/mol. The van der Waals surface area contributed by atoms with Gasteiger partial charge >= 0.3 is 5.97 Å². The molecule has 1 aromatic heterocycles. The molecule has 3 heterocycles. The first kappa shape index (κ1) is 27.7. The zero-order chi connectivity index (χ0) is 25.9. The molecule has 2 saturated heterocycles. The molecule has 0 radical (unpaired) electrons. The molecule has 2 aliphatic rings. The van der Waals surface area contributed by atoms with E-state index in [1.54, 1.807) is 26.8 Å². The summed E-state index contributed by atoms with van der Waals surface area (Å²) >= 11 is 1.49. The number of cyclic esters (lactones) is 1. The molecule has 0 bridgehead atoms. The molecule has 0 spiro atoms. The van der Waals surface area contributed by atoms with Gasteiger partial charge in [0.25, 0.3) is 0 Å². The summed E-state index contributed by atoms with van der Waals surface area (Å²) in [7, 11) is 0. The number of fused-ring (bicyclic) bond motifs is 1. The monoisotopic (exact) mass is 505 g/mol. The number of esters is 1. The fourth-order valence-corrected chi connectivity index (χ4v) is 5.41. The molecule has 0 unspecified atom stereocenters. The van der Waals surface area contributed by atoms with Gasteiger partial charge in [-0.25, -0.2) is 4.98 Å². The van der Waals surface area contributed by atoms with Crippen molar-refractivity contribution in [2.24, 2.45) is 17.3 Å². The van der Waals surface area contributed by atoms with Crippen LogP contribution in [0, 0.1) is 17.3 Å². The third-order valence-electron chi connectivity index (χ3n) is 7.49. The highest BCUT2D eigenvalue weighted by molar-refractivity contribution is 7.10. The van der Waals surface area contributed by atoms with Gasteiger partial charge in [-0.3, -0.25) is 9.59 Å². The van der Waals surface area contributed by atoms with Gasteiger partial charge in [0, 0.05) is 17.7 Å². The Labute approximate surface area is 212 Å². The van der Waals surface area contributed by atoms with Crippen molar-refractivity contribution in [3.05, 3.63) is 28.2 Å². The van der Waals surface area contributed by atoms with Crippen molar-refractivity contribution in [3.63, 3.8) is 0 Å². The van der Waals surface area contributed by atoms with Gasteiger partial charge < -0.3 is 19.7 Å². The quantitative estimate of drug-likeness (QED) is 0.462. The Morgan fingerprint density at radius 3 is 2.60 bits per heavy atom. The second-order valence-electron chi connectivity index (χ2n) is 10.6. The number of carbonyl (C=O) groups is 2. The van der Waals surface area contributed by atoms with Gasteiger partial charge in [0.1, 0.15) is 16.9 Å². The van der Waals surface area contributed by atoms with Crippen LogP contribution in [-0.4, -0.2) is 57.5 Å². The van der Waals surface area contributed by atoms with Crippen LogP contribution in [-0.2, 0) is 19.1 Å². The van der Waals surface area contributed by atoms with Crippen LogP contribution in [0.4, 0.5) is 0 Å². The Bertz CT molecular complexity index is 953. The fraction of sp³-hybridized carbons (Fsp3) is 0.667. The van der Waals surface area contributed by atoms with E-state index in [9.17, 15) is 19.8 Å². The summed E-state index contributed by atoms with van der Waals surface area (Å²) in [5, 5.41) is 24.3. The maximum Gasteiger partial charge on any atom is 0.309 e. The zero-order valence-electron chi connectivity index (χ0n) is 21.4. The fourth-order valence-electron chi connectivity index (χ4n) is 4.80. The molecule has 0 aliphatic carbocycles. The number of aliphatic hydroxyl groups is 2. The molecule has 35 heavy (non-hydrogen) atoms. The number of epoxide rings is 1. The van der Waals surface area contributed by atoms with E-state index in [0.717, 1.165) is 35.5 Å². The third-order valence-corrected chi connectivity index (χ3v) is 8.35. The van der Waals surface area contributed by atoms with Gasteiger partial charge in [0.2, 0.25) is 0 Å². The number of ketones is 1. The summed E-state index contributed by atoms with van der Waals surface area (Å²) in [6, 6.07) is 0. The molecule has 7 nitrogen and oxygen atoms in total. The summed E-state index contributed by atoms with van der Waals surface area (Å²) in [5.41, 5.74) is 0.403. The lowest BCUT2D eigenvalue weighted by atomic mass is 9.73. The first-order valence-corrected chi connectivity index (χ1v) is 13.3. The molecular formula is C27H39NO6S. The number of aromatic nitrogens is 1. The zero-order valence-corrected chi connectivity index (χ0v) is 22.2. The Morgan fingerprint density at radius 1 is 1.23 bits per heavy atom. The molecule has 3 rings (SSSR count). The lowest BCUT2D eigenvalue weighted by molar-refractivity contribution is -0.154. The number of Topliss-reactive ketones (excluding diaryl/α,β-unsaturated/α-hetero) is 1. The average Bonchev–Trinajstić information content (AvgIpc) is 3.38. The average molecular weight is 506 g/mol. The Morgan fingerprint density at radius 2 is 1.94 bits per heavy atom. The maximum absolute atomic E-state index is 13.2. The molecule has 7 atom stereocenters. The van der Waals surface area contributed by atoms with Gasteiger partial charge in [-0.1, -0.05) is 40.7 Å².